The minimum absolute atomic E-state index is 0.0102. The predicted molar refractivity (Wildman–Crippen MR) is 110 cm³/mol. The second-order valence-electron chi connectivity index (χ2n) is 7.10. The first kappa shape index (κ1) is 20.3. The average molecular weight is 394 g/mol. The third-order valence-corrected chi connectivity index (χ3v) is 4.85. The summed E-state index contributed by atoms with van der Waals surface area (Å²) < 4.78 is 15.3. The highest BCUT2D eigenvalue weighted by molar-refractivity contribution is 5.92. The molecule has 1 heterocycles. The summed E-state index contributed by atoms with van der Waals surface area (Å²) in [7, 11) is 0. The smallest absolute Gasteiger partial charge is 0.303 e. The Kier molecular flexibility index (Phi) is 6.12. The normalized spacial score (nSPS) is 11.8. The van der Waals surface area contributed by atoms with Crippen LogP contribution in [-0.4, -0.2) is 21.6 Å². The molecule has 0 saturated carbocycles. The fraction of sp³-hybridized carbons (Fsp3) is 0.217. The Morgan fingerprint density at radius 1 is 1.00 bits per heavy atom. The fourth-order valence-corrected chi connectivity index (χ4v) is 3.49. The van der Waals surface area contributed by atoms with E-state index in [0.29, 0.717) is 11.3 Å². The molecular formula is C23H23FN2O3. The molecule has 150 valence electrons. The quantitative estimate of drug-likeness (QED) is 0.603. The molecule has 6 heteroatoms. The van der Waals surface area contributed by atoms with Crippen LogP contribution in [-0.2, 0) is 9.59 Å². The Morgan fingerprint density at radius 3 is 2.28 bits per heavy atom. The highest BCUT2D eigenvalue weighted by Crippen LogP contribution is 2.25. The number of hydrogen-bond acceptors (Lipinski definition) is 2. The lowest BCUT2D eigenvalue weighted by Gasteiger charge is -2.16. The van der Waals surface area contributed by atoms with Crippen LogP contribution in [0.1, 0.15) is 35.7 Å². The van der Waals surface area contributed by atoms with E-state index in [4.69, 9.17) is 0 Å². The molecule has 2 aromatic carbocycles. The van der Waals surface area contributed by atoms with Gasteiger partial charge in [0.2, 0.25) is 5.91 Å². The van der Waals surface area contributed by atoms with Gasteiger partial charge < -0.3 is 15.0 Å². The molecule has 1 unspecified atom stereocenters. The van der Waals surface area contributed by atoms with E-state index in [1.165, 1.54) is 24.3 Å². The number of benzene rings is 2. The van der Waals surface area contributed by atoms with Crippen molar-refractivity contribution in [1.82, 2.24) is 4.57 Å². The van der Waals surface area contributed by atoms with Gasteiger partial charge in [0.15, 0.2) is 0 Å². The Labute approximate surface area is 168 Å². The maximum atomic E-state index is 13.2. The van der Waals surface area contributed by atoms with Crippen molar-refractivity contribution in [2.75, 3.05) is 5.32 Å². The number of carbonyl (C=O) groups is 2. The molecule has 1 aromatic heterocycles. The first-order chi connectivity index (χ1) is 13.8. The summed E-state index contributed by atoms with van der Waals surface area (Å²) in [5, 5.41) is 12.0. The highest BCUT2D eigenvalue weighted by Gasteiger charge is 2.20. The van der Waals surface area contributed by atoms with E-state index in [1.807, 2.05) is 44.2 Å². The molecule has 0 radical (unpaired) electrons. The van der Waals surface area contributed by atoms with Crippen LogP contribution in [0.3, 0.4) is 0 Å². The minimum Gasteiger partial charge on any atom is -0.481 e. The third-order valence-electron chi connectivity index (χ3n) is 4.85. The van der Waals surface area contributed by atoms with Crippen LogP contribution < -0.4 is 5.32 Å². The van der Waals surface area contributed by atoms with Gasteiger partial charge in [-0.25, -0.2) is 4.39 Å². The summed E-state index contributed by atoms with van der Waals surface area (Å²) in [6.07, 6.45) is -0.218. The van der Waals surface area contributed by atoms with Crippen LogP contribution >= 0.6 is 0 Å². The van der Waals surface area contributed by atoms with Crippen LogP contribution in [0.4, 0.5) is 10.1 Å². The molecule has 0 saturated heterocycles. The summed E-state index contributed by atoms with van der Waals surface area (Å²) in [5.41, 5.74) is 4.36. The Hall–Kier alpha value is -3.41. The van der Waals surface area contributed by atoms with Gasteiger partial charge in [-0.15, -0.1) is 0 Å². The molecule has 0 aliphatic heterocycles. The largest absolute Gasteiger partial charge is 0.481 e. The molecule has 1 amide bonds. The van der Waals surface area contributed by atoms with Crippen molar-refractivity contribution in [1.29, 1.82) is 0 Å². The zero-order valence-electron chi connectivity index (χ0n) is 16.4. The van der Waals surface area contributed by atoms with E-state index < -0.39 is 17.7 Å². The molecule has 29 heavy (non-hydrogen) atoms. The number of carboxylic acid groups (broad SMARTS) is 1. The van der Waals surface area contributed by atoms with Gasteiger partial charge in [-0.2, -0.15) is 0 Å². The van der Waals surface area contributed by atoms with Gasteiger partial charge in [0.1, 0.15) is 5.82 Å². The van der Waals surface area contributed by atoms with E-state index in [2.05, 4.69) is 9.88 Å². The first-order valence-electron chi connectivity index (χ1n) is 9.36. The molecule has 3 rings (SSSR count). The number of nitrogens with zero attached hydrogens (tertiary/aromatic N) is 1. The van der Waals surface area contributed by atoms with Gasteiger partial charge in [0.25, 0.3) is 0 Å². The average Bonchev–Trinajstić information content (AvgIpc) is 3.00. The van der Waals surface area contributed by atoms with Gasteiger partial charge >= 0.3 is 5.97 Å². The SMILES string of the molecule is Cc1ccc(C)n1-c1cccc(NC(=O)CC(CC(=O)O)c2ccc(F)cc2)c1. The van der Waals surface area contributed by atoms with Crippen LogP contribution in [0.2, 0.25) is 0 Å². The number of aromatic nitrogens is 1. The summed E-state index contributed by atoms with van der Waals surface area (Å²) in [6, 6.07) is 17.1. The zero-order valence-corrected chi connectivity index (χ0v) is 16.4. The van der Waals surface area contributed by atoms with E-state index in [0.717, 1.165) is 17.1 Å². The van der Waals surface area contributed by atoms with Gasteiger partial charge in [0.05, 0.1) is 6.42 Å². The van der Waals surface area contributed by atoms with Crippen molar-refractivity contribution >= 4 is 17.6 Å². The van der Waals surface area contributed by atoms with Gasteiger partial charge in [-0.05, 0) is 61.9 Å². The van der Waals surface area contributed by atoms with E-state index >= 15 is 0 Å². The third kappa shape index (κ3) is 5.10. The van der Waals surface area contributed by atoms with Crippen LogP contribution in [0.25, 0.3) is 5.69 Å². The van der Waals surface area contributed by atoms with Crippen molar-refractivity contribution in [3.05, 3.63) is 83.4 Å². The van der Waals surface area contributed by atoms with Gasteiger partial charge in [-0.3, -0.25) is 9.59 Å². The predicted octanol–water partition coefficient (Wildman–Crippen LogP) is 4.82. The molecule has 0 fully saturated rings. The lowest BCUT2D eigenvalue weighted by Crippen LogP contribution is -2.18. The number of halogens is 1. The van der Waals surface area contributed by atoms with E-state index in [1.54, 1.807) is 6.07 Å². The number of anilines is 1. The molecule has 3 aromatic rings. The Bertz CT molecular complexity index is 1010. The van der Waals surface area contributed by atoms with Crippen LogP contribution in [0.5, 0.6) is 0 Å². The van der Waals surface area contributed by atoms with Crippen molar-refractivity contribution in [2.45, 2.75) is 32.6 Å². The number of rotatable bonds is 7. The summed E-state index contributed by atoms with van der Waals surface area (Å²) in [6.45, 7) is 4.02. The zero-order chi connectivity index (χ0) is 21.0. The topological polar surface area (TPSA) is 71.3 Å². The number of aryl methyl sites for hydroxylation is 2. The lowest BCUT2D eigenvalue weighted by molar-refractivity contribution is -0.137. The Morgan fingerprint density at radius 2 is 1.66 bits per heavy atom. The fourth-order valence-electron chi connectivity index (χ4n) is 3.49. The second kappa shape index (κ2) is 8.73. The molecule has 0 aliphatic carbocycles. The number of nitrogens with one attached hydrogen (secondary N) is 1. The summed E-state index contributed by atoms with van der Waals surface area (Å²) in [5.74, 6) is -2.24. The monoisotopic (exact) mass is 394 g/mol. The van der Waals surface area contributed by atoms with Gasteiger partial charge in [-0.1, -0.05) is 18.2 Å². The molecule has 0 aliphatic rings. The lowest BCUT2D eigenvalue weighted by atomic mass is 9.92. The number of carboxylic acids is 1. The van der Waals surface area contributed by atoms with Crippen molar-refractivity contribution < 1.29 is 19.1 Å². The molecular weight excluding hydrogens is 371 g/mol. The van der Waals surface area contributed by atoms with E-state index in [-0.39, 0.29) is 18.7 Å². The number of carbonyl (C=O) groups excluding carboxylic acids is 1. The Balaban J connectivity index is 1.76. The van der Waals surface area contributed by atoms with Crippen molar-refractivity contribution in [3.63, 3.8) is 0 Å². The molecule has 0 spiro atoms. The van der Waals surface area contributed by atoms with Crippen LogP contribution in [0, 0.1) is 19.7 Å². The maximum absolute atomic E-state index is 13.2. The summed E-state index contributed by atoms with van der Waals surface area (Å²) >= 11 is 0. The summed E-state index contributed by atoms with van der Waals surface area (Å²) in [4.78, 5) is 23.8. The highest BCUT2D eigenvalue weighted by atomic mass is 19.1. The van der Waals surface area contributed by atoms with Gasteiger partial charge in [0, 0.05) is 35.1 Å². The molecule has 5 nitrogen and oxygen atoms in total. The van der Waals surface area contributed by atoms with Crippen molar-refractivity contribution in [2.24, 2.45) is 0 Å². The second-order valence-corrected chi connectivity index (χ2v) is 7.10. The number of amides is 1. The minimum atomic E-state index is -1.01. The first-order valence-corrected chi connectivity index (χ1v) is 9.36. The number of hydrogen-bond donors (Lipinski definition) is 2. The standard InChI is InChI=1S/C23H23FN2O3/c1-15-6-7-16(2)26(15)21-5-3-4-20(14-21)25-22(27)12-18(13-23(28)29)17-8-10-19(24)11-9-17/h3-11,14,18H,12-13H2,1-2H3,(H,25,27)(H,28,29). The molecule has 0 bridgehead atoms. The van der Waals surface area contributed by atoms with Crippen molar-refractivity contribution in [3.8, 4) is 5.69 Å². The molecule has 2 N–H and O–H groups in total. The van der Waals surface area contributed by atoms with E-state index in [9.17, 15) is 19.1 Å². The van der Waals surface area contributed by atoms with Crippen LogP contribution in [0.15, 0.2) is 60.7 Å². The molecule has 1 atom stereocenters. The maximum Gasteiger partial charge on any atom is 0.303 e. The number of aliphatic carboxylic acids is 1.